The first-order chi connectivity index (χ1) is 16.2. The van der Waals surface area contributed by atoms with Crippen molar-refractivity contribution in [2.75, 3.05) is 44.1 Å². The second-order valence-electron chi connectivity index (χ2n) is 9.64. The van der Waals surface area contributed by atoms with Gasteiger partial charge >= 0.3 is 0 Å². The minimum atomic E-state index is -3.32. The zero-order chi connectivity index (χ0) is 23.9. The molecule has 180 valence electrons. The summed E-state index contributed by atoms with van der Waals surface area (Å²) in [6.07, 6.45) is 1.43. The van der Waals surface area contributed by atoms with Gasteiger partial charge in [-0.25, -0.2) is 8.42 Å². The Bertz CT molecular complexity index is 1200. The van der Waals surface area contributed by atoms with Crippen LogP contribution in [0.15, 0.2) is 48.5 Å². The molecule has 0 bridgehead atoms. The van der Waals surface area contributed by atoms with Crippen molar-refractivity contribution < 1.29 is 22.7 Å². The van der Waals surface area contributed by atoms with Crippen LogP contribution in [-0.4, -0.2) is 74.7 Å². The number of nitrogens with one attached hydrogen (secondary N) is 1. The fraction of sp³-hybridized carbons (Fsp3) is 0.440. The molecule has 0 radical (unpaired) electrons. The van der Waals surface area contributed by atoms with Crippen molar-refractivity contribution in [2.24, 2.45) is 5.41 Å². The number of sulfonamides is 1. The second kappa shape index (κ2) is 8.70. The van der Waals surface area contributed by atoms with Crippen LogP contribution in [0.5, 0.6) is 0 Å². The minimum Gasteiger partial charge on any atom is -0.379 e. The van der Waals surface area contributed by atoms with E-state index in [4.69, 9.17) is 4.74 Å². The van der Waals surface area contributed by atoms with Crippen LogP contribution < -0.4 is 4.72 Å². The Balaban J connectivity index is 1.21. The number of carbonyl (C=O) groups excluding carboxylic acids is 2. The summed E-state index contributed by atoms with van der Waals surface area (Å²) in [6.45, 7) is 4.93. The molecule has 2 aromatic rings. The molecule has 34 heavy (non-hydrogen) atoms. The van der Waals surface area contributed by atoms with E-state index in [-0.39, 0.29) is 17.1 Å². The van der Waals surface area contributed by atoms with Gasteiger partial charge in [0, 0.05) is 37.4 Å². The third-order valence-corrected chi connectivity index (χ3v) is 8.63. The molecule has 9 heteroatoms. The number of carbonyl (C=O) groups is 2. The van der Waals surface area contributed by atoms with Gasteiger partial charge in [0.25, 0.3) is 5.91 Å². The van der Waals surface area contributed by atoms with E-state index >= 15 is 0 Å². The predicted octanol–water partition coefficient (Wildman–Crippen LogP) is 2.58. The number of nitrogens with zero attached hydrogens (tertiary/aromatic N) is 2. The Labute approximate surface area is 199 Å². The van der Waals surface area contributed by atoms with Gasteiger partial charge in [0.2, 0.25) is 15.9 Å². The Morgan fingerprint density at radius 3 is 2.18 bits per heavy atom. The van der Waals surface area contributed by atoms with Gasteiger partial charge in [-0.1, -0.05) is 24.3 Å². The maximum atomic E-state index is 13.0. The van der Waals surface area contributed by atoms with Crippen LogP contribution in [0.2, 0.25) is 0 Å². The fourth-order valence-electron chi connectivity index (χ4n) is 4.40. The molecule has 0 unspecified atom stereocenters. The zero-order valence-corrected chi connectivity index (χ0v) is 20.0. The maximum Gasteiger partial charge on any atom is 0.253 e. The molecule has 3 fully saturated rings. The average Bonchev–Trinajstić information content (AvgIpc) is 3.68. The Morgan fingerprint density at radius 1 is 0.941 bits per heavy atom. The Kier molecular flexibility index (Phi) is 5.85. The van der Waals surface area contributed by atoms with Gasteiger partial charge in [-0.15, -0.1) is 0 Å². The van der Waals surface area contributed by atoms with Gasteiger partial charge in [-0.2, -0.15) is 0 Å². The van der Waals surface area contributed by atoms with Gasteiger partial charge in [-0.3, -0.25) is 14.3 Å². The summed E-state index contributed by atoms with van der Waals surface area (Å²) in [5.74, 6) is 0.0552. The lowest BCUT2D eigenvalue weighted by Crippen LogP contribution is -2.58. The standard InChI is InChI=1S/C25H29N3O5S/c1-25(16-33-17-25)24(30)28-13-11-27(12-14-28)23(29)19-7-5-18(6-8-19)20-3-2-4-21(15-20)26-34(31,32)22-9-10-22/h2-8,15,22,26H,9-14,16-17H2,1H3. The van der Waals surface area contributed by atoms with Crippen molar-refractivity contribution in [3.63, 3.8) is 0 Å². The number of hydrogen-bond acceptors (Lipinski definition) is 5. The quantitative estimate of drug-likeness (QED) is 0.681. The SMILES string of the molecule is CC1(C(=O)N2CCN(C(=O)c3ccc(-c4cccc(NS(=O)(=O)C5CC5)c4)cc3)CC2)COC1. The predicted molar refractivity (Wildman–Crippen MR) is 129 cm³/mol. The van der Waals surface area contributed by atoms with E-state index in [1.807, 2.05) is 36.1 Å². The van der Waals surface area contributed by atoms with Crippen LogP contribution in [0.1, 0.15) is 30.1 Å². The molecule has 3 aliphatic rings. The van der Waals surface area contributed by atoms with Gasteiger partial charge in [0.05, 0.1) is 23.9 Å². The normalized spacial score (nSPS) is 19.9. The molecular formula is C25H29N3O5S. The number of hydrogen-bond donors (Lipinski definition) is 1. The molecule has 0 spiro atoms. The molecule has 2 aromatic carbocycles. The van der Waals surface area contributed by atoms with E-state index < -0.39 is 15.4 Å². The topological polar surface area (TPSA) is 96.0 Å². The second-order valence-corrected chi connectivity index (χ2v) is 11.6. The van der Waals surface area contributed by atoms with Gasteiger partial charge in [0.1, 0.15) is 0 Å². The maximum absolute atomic E-state index is 13.0. The number of anilines is 1. The molecule has 1 saturated carbocycles. The first kappa shape index (κ1) is 22.9. The van der Waals surface area contributed by atoms with Crippen LogP contribution in [0.3, 0.4) is 0 Å². The van der Waals surface area contributed by atoms with Crippen LogP contribution in [0, 0.1) is 5.41 Å². The number of benzene rings is 2. The molecule has 2 heterocycles. The lowest BCUT2D eigenvalue weighted by atomic mass is 9.86. The van der Waals surface area contributed by atoms with Crippen molar-refractivity contribution >= 4 is 27.5 Å². The molecule has 0 aromatic heterocycles. The van der Waals surface area contributed by atoms with Crippen LogP contribution in [0.25, 0.3) is 11.1 Å². The number of piperazine rings is 1. The summed E-state index contributed by atoms with van der Waals surface area (Å²) >= 11 is 0. The molecular weight excluding hydrogens is 454 g/mol. The van der Waals surface area contributed by atoms with Crippen molar-refractivity contribution in [1.29, 1.82) is 0 Å². The first-order valence-electron chi connectivity index (χ1n) is 11.6. The van der Waals surface area contributed by atoms with Crippen molar-refractivity contribution in [2.45, 2.75) is 25.0 Å². The molecule has 2 amide bonds. The van der Waals surface area contributed by atoms with Crippen LogP contribution in [0.4, 0.5) is 5.69 Å². The molecule has 5 rings (SSSR count). The highest BCUT2D eigenvalue weighted by Gasteiger charge is 2.44. The van der Waals surface area contributed by atoms with Crippen molar-refractivity contribution in [3.05, 3.63) is 54.1 Å². The third-order valence-electron chi connectivity index (χ3n) is 6.76. The third kappa shape index (κ3) is 4.54. The van der Waals surface area contributed by atoms with E-state index in [0.29, 0.717) is 63.5 Å². The Hall–Kier alpha value is -2.91. The smallest absolute Gasteiger partial charge is 0.253 e. The van der Waals surface area contributed by atoms with Gasteiger partial charge in [0.15, 0.2) is 0 Å². The molecule has 1 N–H and O–H groups in total. The Morgan fingerprint density at radius 2 is 1.59 bits per heavy atom. The van der Waals surface area contributed by atoms with Crippen LogP contribution in [-0.2, 0) is 19.6 Å². The summed E-state index contributed by atoms with van der Waals surface area (Å²) in [4.78, 5) is 29.3. The fourth-order valence-corrected chi connectivity index (χ4v) is 5.78. The highest BCUT2D eigenvalue weighted by atomic mass is 32.2. The van der Waals surface area contributed by atoms with Crippen molar-refractivity contribution in [1.82, 2.24) is 9.80 Å². The summed E-state index contributed by atoms with van der Waals surface area (Å²) in [5, 5.41) is -0.281. The highest BCUT2D eigenvalue weighted by molar-refractivity contribution is 7.93. The molecule has 0 atom stereocenters. The minimum absolute atomic E-state index is 0.0530. The number of ether oxygens (including phenoxy) is 1. The molecule has 8 nitrogen and oxygen atoms in total. The van der Waals surface area contributed by atoms with E-state index in [1.54, 1.807) is 29.2 Å². The van der Waals surface area contributed by atoms with E-state index in [1.165, 1.54) is 0 Å². The largest absolute Gasteiger partial charge is 0.379 e. The monoisotopic (exact) mass is 483 g/mol. The van der Waals surface area contributed by atoms with Gasteiger partial charge < -0.3 is 14.5 Å². The molecule has 2 aliphatic heterocycles. The average molecular weight is 484 g/mol. The lowest BCUT2D eigenvalue weighted by Gasteiger charge is -2.43. The summed E-state index contributed by atoms with van der Waals surface area (Å²) < 4.78 is 32.3. The zero-order valence-electron chi connectivity index (χ0n) is 19.2. The molecule has 2 saturated heterocycles. The highest BCUT2D eigenvalue weighted by Crippen LogP contribution is 2.31. The van der Waals surface area contributed by atoms with Gasteiger partial charge in [-0.05, 0) is 55.2 Å². The number of amides is 2. The summed E-state index contributed by atoms with van der Waals surface area (Å²) in [6, 6.07) is 14.6. The molecule has 1 aliphatic carbocycles. The van der Waals surface area contributed by atoms with Crippen LogP contribution >= 0.6 is 0 Å². The van der Waals surface area contributed by atoms with E-state index in [2.05, 4.69) is 4.72 Å². The van der Waals surface area contributed by atoms with E-state index in [9.17, 15) is 18.0 Å². The summed E-state index contributed by atoms with van der Waals surface area (Å²) in [7, 11) is -3.32. The van der Waals surface area contributed by atoms with E-state index in [0.717, 1.165) is 11.1 Å². The summed E-state index contributed by atoms with van der Waals surface area (Å²) in [5.41, 5.74) is 2.48. The number of rotatable bonds is 6. The first-order valence-corrected chi connectivity index (χ1v) is 13.2. The lowest BCUT2D eigenvalue weighted by molar-refractivity contribution is -0.170. The van der Waals surface area contributed by atoms with Crippen molar-refractivity contribution in [3.8, 4) is 11.1 Å².